The highest BCUT2D eigenvalue weighted by Crippen LogP contribution is 2.27. The molecule has 3 rings (SSSR count). The normalized spacial score (nSPS) is 11.4. The molecule has 180 valence electrons. The van der Waals surface area contributed by atoms with Gasteiger partial charge in [-0.15, -0.1) is 0 Å². The highest BCUT2D eigenvalue weighted by atomic mass is 35.5. The summed E-state index contributed by atoms with van der Waals surface area (Å²) in [7, 11) is 0. The van der Waals surface area contributed by atoms with Gasteiger partial charge in [-0.3, -0.25) is 9.59 Å². The van der Waals surface area contributed by atoms with Gasteiger partial charge in [-0.1, -0.05) is 30.6 Å². The Kier molecular flexibility index (Phi) is 7.74. The largest absolute Gasteiger partial charge is 0.361 e. The van der Waals surface area contributed by atoms with Gasteiger partial charge in [0, 0.05) is 29.4 Å². The van der Waals surface area contributed by atoms with Gasteiger partial charge in [0.2, 0.25) is 0 Å². The zero-order valence-electron chi connectivity index (χ0n) is 19.6. The van der Waals surface area contributed by atoms with Crippen LogP contribution in [0.1, 0.15) is 51.6 Å². The fourth-order valence-electron chi connectivity index (χ4n) is 3.51. The molecule has 0 saturated carbocycles. The number of carbonyl (C=O) groups excluding carboxylic acids is 2. The fourth-order valence-corrected chi connectivity index (χ4v) is 3.69. The standard InChI is InChI=1S/C25H28ClFN4O3/c1-15-22(16(2)34-30-15)24(33)31(14-25(3,4)13-28)12-18-11-20(9-10-21(18)26)29-23(32)17-5-7-19(27)8-6-17/h5-11H,12-14,28H2,1-4H3,(H,29,32). The number of nitrogens with two attached hydrogens (primary N) is 1. The maximum atomic E-state index is 13.5. The third-order valence-corrected chi connectivity index (χ3v) is 5.85. The van der Waals surface area contributed by atoms with Crippen LogP contribution < -0.4 is 11.1 Å². The van der Waals surface area contributed by atoms with Gasteiger partial charge in [0.05, 0.1) is 5.69 Å². The number of anilines is 1. The van der Waals surface area contributed by atoms with Crippen molar-refractivity contribution in [1.29, 1.82) is 0 Å². The summed E-state index contributed by atoms with van der Waals surface area (Å²) in [5.41, 5.74) is 7.95. The molecule has 9 heteroatoms. The number of hydrogen-bond donors (Lipinski definition) is 2. The lowest BCUT2D eigenvalue weighted by molar-refractivity contribution is 0.0670. The third kappa shape index (κ3) is 6.01. The van der Waals surface area contributed by atoms with Gasteiger partial charge in [0.1, 0.15) is 17.1 Å². The molecule has 3 N–H and O–H groups in total. The quantitative estimate of drug-likeness (QED) is 0.468. The first-order chi connectivity index (χ1) is 16.0. The smallest absolute Gasteiger partial charge is 0.259 e. The summed E-state index contributed by atoms with van der Waals surface area (Å²) in [4.78, 5) is 27.7. The van der Waals surface area contributed by atoms with Gasteiger partial charge in [-0.2, -0.15) is 0 Å². The van der Waals surface area contributed by atoms with E-state index in [1.54, 1.807) is 36.9 Å². The summed E-state index contributed by atoms with van der Waals surface area (Å²) >= 11 is 6.46. The molecule has 1 aromatic heterocycles. The molecule has 0 atom stereocenters. The lowest BCUT2D eigenvalue weighted by atomic mass is 9.92. The molecule has 0 saturated heterocycles. The van der Waals surface area contributed by atoms with Crippen molar-refractivity contribution in [2.45, 2.75) is 34.2 Å². The Labute approximate surface area is 203 Å². The fraction of sp³-hybridized carbons (Fsp3) is 0.320. The molecule has 34 heavy (non-hydrogen) atoms. The van der Waals surface area contributed by atoms with Crippen LogP contribution >= 0.6 is 11.6 Å². The zero-order valence-corrected chi connectivity index (χ0v) is 20.4. The van der Waals surface area contributed by atoms with Crippen LogP contribution in [-0.4, -0.2) is 35.0 Å². The third-order valence-electron chi connectivity index (χ3n) is 5.48. The van der Waals surface area contributed by atoms with Gasteiger partial charge < -0.3 is 20.5 Å². The molecule has 0 fully saturated rings. The molecule has 0 spiro atoms. The highest BCUT2D eigenvalue weighted by Gasteiger charge is 2.29. The van der Waals surface area contributed by atoms with Crippen LogP contribution in [0.15, 0.2) is 47.0 Å². The van der Waals surface area contributed by atoms with Crippen molar-refractivity contribution in [2.75, 3.05) is 18.4 Å². The van der Waals surface area contributed by atoms with E-state index in [4.69, 9.17) is 21.9 Å². The van der Waals surface area contributed by atoms with E-state index in [2.05, 4.69) is 10.5 Å². The zero-order chi connectivity index (χ0) is 25.0. The molecule has 3 aromatic rings. The summed E-state index contributed by atoms with van der Waals surface area (Å²) in [6.07, 6.45) is 0. The van der Waals surface area contributed by atoms with Gasteiger partial charge in [-0.25, -0.2) is 4.39 Å². The lowest BCUT2D eigenvalue weighted by Gasteiger charge is -2.32. The van der Waals surface area contributed by atoms with E-state index in [1.165, 1.54) is 24.3 Å². The molecule has 0 bridgehead atoms. The number of rotatable bonds is 8. The molecule has 2 amide bonds. The van der Waals surface area contributed by atoms with E-state index in [9.17, 15) is 14.0 Å². The number of nitrogens with one attached hydrogen (secondary N) is 1. The van der Waals surface area contributed by atoms with Crippen LogP contribution in [0.2, 0.25) is 5.02 Å². The van der Waals surface area contributed by atoms with E-state index in [0.717, 1.165) is 0 Å². The summed E-state index contributed by atoms with van der Waals surface area (Å²) in [6, 6.07) is 10.3. The number of amides is 2. The van der Waals surface area contributed by atoms with Crippen molar-refractivity contribution in [3.8, 4) is 0 Å². The number of nitrogens with zero attached hydrogens (tertiary/aromatic N) is 2. The Morgan fingerprint density at radius 2 is 1.85 bits per heavy atom. The van der Waals surface area contributed by atoms with E-state index < -0.39 is 5.82 Å². The van der Waals surface area contributed by atoms with Crippen LogP contribution in [0.25, 0.3) is 0 Å². The molecule has 2 aromatic carbocycles. The number of benzene rings is 2. The molecule has 0 aliphatic rings. The van der Waals surface area contributed by atoms with Crippen LogP contribution in [-0.2, 0) is 6.54 Å². The van der Waals surface area contributed by atoms with Crippen molar-refractivity contribution in [1.82, 2.24) is 10.1 Å². The first kappa shape index (κ1) is 25.4. The molecule has 1 heterocycles. The first-order valence-corrected chi connectivity index (χ1v) is 11.2. The Balaban J connectivity index is 1.88. The van der Waals surface area contributed by atoms with Gasteiger partial charge in [-0.05, 0) is 73.8 Å². The van der Waals surface area contributed by atoms with E-state index in [0.29, 0.717) is 51.9 Å². The number of aromatic nitrogens is 1. The second-order valence-corrected chi connectivity index (χ2v) is 9.40. The van der Waals surface area contributed by atoms with Crippen LogP contribution in [0.4, 0.5) is 10.1 Å². The average Bonchev–Trinajstić information content (AvgIpc) is 3.13. The van der Waals surface area contributed by atoms with Gasteiger partial charge >= 0.3 is 0 Å². The van der Waals surface area contributed by atoms with E-state index in [-0.39, 0.29) is 23.8 Å². The highest BCUT2D eigenvalue weighted by molar-refractivity contribution is 6.31. The molecule has 0 aliphatic carbocycles. The molecule has 0 aliphatic heterocycles. The molecule has 0 radical (unpaired) electrons. The summed E-state index contributed by atoms with van der Waals surface area (Å²) in [6.45, 7) is 8.29. The number of carbonyl (C=O) groups is 2. The van der Waals surface area contributed by atoms with Gasteiger partial charge in [0.25, 0.3) is 11.8 Å². The first-order valence-electron chi connectivity index (χ1n) is 10.8. The minimum Gasteiger partial charge on any atom is -0.361 e. The summed E-state index contributed by atoms with van der Waals surface area (Å²) in [5, 5.41) is 7.13. The second kappa shape index (κ2) is 10.4. The lowest BCUT2D eigenvalue weighted by Crippen LogP contribution is -2.42. The molecule has 7 nitrogen and oxygen atoms in total. The molecule has 0 unspecified atom stereocenters. The number of halogens is 2. The van der Waals surface area contributed by atoms with Crippen molar-refractivity contribution < 1.29 is 18.5 Å². The Bertz CT molecular complexity index is 1170. The van der Waals surface area contributed by atoms with Crippen molar-refractivity contribution in [2.24, 2.45) is 11.1 Å². The van der Waals surface area contributed by atoms with Crippen LogP contribution in [0.5, 0.6) is 0 Å². The second-order valence-electron chi connectivity index (χ2n) is 9.00. The summed E-state index contributed by atoms with van der Waals surface area (Å²) < 4.78 is 18.3. The SMILES string of the molecule is Cc1noc(C)c1C(=O)N(Cc1cc(NC(=O)c2ccc(F)cc2)ccc1Cl)CC(C)(C)CN. The van der Waals surface area contributed by atoms with E-state index in [1.807, 2.05) is 13.8 Å². The Hall–Kier alpha value is -3.23. The molecular weight excluding hydrogens is 459 g/mol. The minimum atomic E-state index is -0.422. The Morgan fingerprint density at radius 1 is 1.18 bits per heavy atom. The van der Waals surface area contributed by atoms with Crippen molar-refractivity contribution in [3.63, 3.8) is 0 Å². The minimum absolute atomic E-state index is 0.186. The maximum absolute atomic E-state index is 13.5. The predicted molar refractivity (Wildman–Crippen MR) is 129 cm³/mol. The van der Waals surface area contributed by atoms with Crippen molar-refractivity contribution >= 4 is 29.1 Å². The van der Waals surface area contributed by atoms with Gasteiger partial charge in [0.15, 0.2) is 0 Å². The van der Waals surface area contributed by atoms with Crippen LogP contribution in [0.3, 0.4) is 0 Å². The monoisotopic (exact) mass is 486 g/mol. The number of aryl methyl sites for hydroxylation is 2. The Morgan fingerprint density at radius 3 is 2.44 bits per heavy atom. The van der Waals surface area contributed by atoms with Crippen LogP contribution in [0, 0.1) is 25.1 Å². The molecular formula is C25H28ClFN4O3. The summed E-state index contributed by atoms with van der Waals surface area (Å²) in [5.74, 6) is -0.617. The average molecular weight is 487 g/mol. The van der Waals surface area contributed by atoms with E-state index >= 15 is 0 Å². The predicted octanol–water partition coefficient (Wildman–Crippen LogP) is 4.96. The maximum Gasteiger partial charge on any atom is 0.259 e. The topological polar surface area (TPSA) is 101 Å². The number of hydrogen-bond acceptors (Lipinski definition) is 5. The van der Waals surface area contributed by atoms with Crippen molar-refractivity contribution in [3.05, 3.63) is 81.4 Å².